The first-order valence-electron chi connectivity index (χ1n) is 3.75. The molecule has 0 spiro atoms. The molecule has 0 saturated heterocycles. The zero-order valence-corrected chi connectivity index (χ0v) is 9.10. The number of allylic oxidation sites excluding steroid dienone is 4. The van der Waals surface area contributed by atoms with Gasteiger partial charge in [0.1, 0.15) is 9.57 Å². The second-order valence-corrected chi connectivity index (χ2v) is 5.33. The maximum absolute atomic E-state index is 10.9. The predicted molar refractivity (Wildman–Crippen MR) is 54.6 cm³/mol. The summed E-state index contributed by atoms with van der Waals surface area (Å²) in [6, 6.07) is 0. The van der Waals surface area contributed by atoms with Gasteiger partial charge in [-0.2, -0.15) is 0 Å². The van der Waals surface area contributed by atoms with Crippen LogP contribution in [0.3, 0.4) is 0 Å². The van der Waals surface area contributed by atoms with E-state index in [0.717, 1.165) is 0 Å². The molecule has 0 aromatic rings. The standard InChI is InChI=1S/C9H10BrClO/c1-7(12)6-8-4-2-3-5-9(8,10)11/h2-5,8H,6H2,1H3. The van der Waals surface area contributed by atoms with Crippen molar-refractivity contribution in [3.63, 3.8) is 0 Å². The van der Waals surface area contributed by atoms with E-state index in [1.807, 2.05) is 24.3 Å². The van der Waals surface area contributed by atoms with Gasteiger partial charge in [-0.15, -0.1) is 11.6 Å². The number of hydrogen-bond acceptors (Lipinski definition) is 1. The highest BCUT2D eigenvalue weighted by molar-refractivity contribution is 9.10. The van der Waals surface area contributed by atoms with E-state index in [2.05, 4.69) is 15.9 Å². The smallest absolute Gasteiger partial charge is 0.130 e. The molecule has 12 heavy (non-hydrogen) atoms. The van der Waals surface area contributed by atoms with Gasteiger partial charge in [0, 0.05) is 12.3 Å². The molecule has 0 aromatic heterocycles. The summed E-state index contributed by atoms with van der Waals surface area (Å²) in [6.45, 7) is 1.58. The van der Waals surface area contributed by atoms with Gasteiger partial charge in [-0.05, 0) is 6.92 Å². The quantitative estimate of drug-likeness (QED) is 0.688. The van der Waals surface area contributed by atoms with Gasteiger partial charge in [0.25, 0.3) is 0 Å². The number of rotatable bonds is 2. The molecule has 0 radical (unpaired) electrons. The molecule has 0 fully saturated rings. The van der Waals surface area contributed by atoms with E-state index in [0.29, 0.717) is 6.42 Å². The van der Waals surface area contributed by atoms with Crippen molar-refractivity contribution in [2.24, 2.45) is 5.92 Å². The molecule has 1 aliphatic carbocycles. The summed E-state index contributed by atoms with van der Waals surface area (Å²) in [7, 11) is 0. The van der Waals surface area contributed by atoms with Crippen LogP contribution in [-0.2, 0) is 4.79 Å². The molecule has 0 bridgehead atoms. The Morgan fingerprint density at radius 1 is 1.67 bits per heavy atom. The van der Waals surface area contributed by atoms with E-state index in [4.69, 9.17) is 11.6 Å². The zero-order valence-electron chi connectivity index (χ0n) is 6.76. The molecule has 0 aliphatic heterocycles. The highest BCUT2D eigenvalue weighted by atomic mass is 79.9. The average Bonchev–Trinajstić information content (AvgIpc) is 1.92. The van der Waals surface area contributed by atoms with Crippen LogP contribution in [0.5, 0.6) is 0 Å². The molecule has 3 heteroatoms. The minimum Gasteiger partial charge on any atom is -0.300 e. The first-order valence-corrected chi connectivity index (χ1v) is 4.93. The highest BCUT2D eigenvalue weighted by Crippen LogP contribution is 2.39. The number of carbonyl (C=O) groups is 1. The Labute approximate surface area is 85.6 Å². The van der Waals surface area contributed by atoms with Crippen molar-refractivity contribution in [2.75, 3.05) is 0 Å². The fourth-order valence-corrected chi connectivity index (χ4v) is 1.84. The van der Waals surface area contributed by atoms with Gasteiger partial charge in [-0.25, -0.2) is 0 Å². The molecule has 2 unspecified atom stereocenters. The second kappa shape index (κ2) is 3.75. The summed E-state index contributed by atoms with van der Waals surface area (Å²) in [5, 5.41) is 0. The topological polar surface area (TPSA) is 17.1 Å². The van der Waals surface area contributed by atoms with Crippen LogP contribution in [-0.4, -0.2) is 9.57 Å². The predicted octanol–water partition coefficient (Wildman–Crippen LogP) is 3.04. The third kappa shape index (κ3) is 2.46. The van der Waals surface area contributed by atoms with Crippen LogP contribution in [0.15, 0.2) is 24.3 Å². The Bertz CT molecular complexity index is 243. The average molecular weight is 250 g/mol. The van der Waals surface area contributed by atoms with Gasteiger partial charge in [-0.3, -0.25) is 0 Å². The van der Waals surface area contributed by atoms with E-state index >= 15 is 0 Å². The number of ketones is 1. The van der Waals surface area contributed by atoms with Gasteiger partial charge < -0.3 is 4.79 Å². The lowest BCUT2D eigenvalue weighted by atomic mass is 9.95. The molecular weight excluding hydrogens is 239 g/mol. The Morgan fingerprint density at radius 2 is 2.33 bits per heavy atom. The molecule has 0 amide bonds. The molecule has 66 valence electrons. The number of halogens is 2. The molecule has 1 nitrogen and oxygen atoms in total. The normalized spacial score (nSPS) is 33.8. The van der Waals surface area contributed by atoms with E-state index in [-0.39, 0.29) is 11.7 Å². The van der Waals surface area contributed by atoms with Crippen LogP contribution in [0.2, 0.25) is 0 Å². The van der Waals surface area contributed by atoms with Gasteiger partial charge in [0.05, 0.1) is 0 Å². The molecule has 1 rings (SSSR count). The summed E-state index contributed by atoms with van der Waals surface area (Å²) < 4.78 is -0.576. The van der Waals surface area contributed by atoms with Gasteiger partial charge in [0.15, 0.2) is 0 Å². The maximum Gasteiger partial charge on any atom is 0.130 e. The summed E-state index contributed by atoms with van der Waals surface area (Å²) in [6.07, 6.45) is 8.06. The molecule has 0 aromatic carbocycles. The van der Waals surface area contributed by atoms with Crippen molar-refractivity contribution in [3.8, 4) is 0 Å². The van der Waals surface area contributed by atoms with Crippen molar-refractivity contribution < 1.29 is 4.79 Å². The number of carbonyl (C=O) groups excluding carboxylic acids is 1. The first-order chi connectivity index (χ1) is 5.52. The van der Waals surface area contributed by atoms with Crippen LogP contribution in [0.1, 0.15) is 13.3 Å². The van der Waals surface area contributed by atoms with Gasteiger partial charge >= 0.3 is 0 Å². The summed E-state index contributed by atoms with van der Waals surface area (Å²) in [5.41, 5.74) is 0. The third-order valence-corrected chi connectivity index (χ3v) is 3.03. The molecule has 0 N–H and O–H groups in total. The zero-order chi connectivity index (χ0) is 9.19. The fourth-order valence-electron chi connectivity index (χ4n) is 1.15. The van der Waals surface area contributed by atoms with Crippen LogP contribution >= 0.6 is 27.5 Å². The lowest BCUT2D eigenvalue weighted by Crippen LogP contribution is -2.24. The number of hydrogen-bond donors (Lipinski definition) is 0. The van der Waals surface area contributed by atoms with E-state index < -0.39 is 3.78 Å². The minimum absolute atomic E-state index is 0.0571. The van der Waals surface area contributed by atoms with Crippen molar-refractivity contribution in [1.82, 2.24) is 0 Å². The SMILES string of the molecule is CC(=O)CC1C=CC=CC1(Cl)Br. The monoisotopic (exact) mass is 248 g/mol. The molecule has 1 aliphatic rings. The molecular formula is C9H10BrClO. The van der Waals surface area contributed by atoms with E-state index in [1.54, 1.807) is 6.92 Å². The van der Waals surface area contributed by atoms with E-state index in [9.17, 15) is 4.79 Å². The summed E-state index contributed by atoms with van der Waals surface area (Å²) in [5.74, 6) is 0.214. The third-order valence-electron chi connectivity index (χ3n) is 1.77. The van der Waals surface area contributed by atoms with Crippen LogP contribution < -0.4 is 0 Å². The molecule has 2 atom stereocenters. The van der Waals surface area contributed by atoms with Gasteiger partial charge in [-0.1, -0.05) is 40.2 Å². The fraction of sp³-hybridized carbons (Fsp3) is 0.444. The largest absolute Gasteiger partial charge is 0.300 e. The van der Waals surface area contributed by atoms with Crippen molar-refractivity contribution in [3.05, 3.63) is 24.3 Å². The Morgan fingerprint density at radius 3 is 2.83 bits per heavy atom. The maximum atomic E-state index is 10.9. The van der Waals surface area contributed by atoms with Gasteiger partial charge in [0.2, 0.25) is 0 Å². The Kier molecular flexibility index (Phi) is 3.13. The summed E-state index contributed by atoms with van der Waals surface area (Å²) >= 11 is 9.47. The Hall–Kier alpha value is -0.0800. The highest BCUT2D eigenvalue weighted by Gasteiger charge is 2.31. The lowest BCUT2D eigenvalue weighted by molar-refractivity contribution is -0.117. The lowest BCUT2D eigenvalue weighted by Gasteiger charge is -2.26. The van der Waals surface area contributed by atoms with E-state index in [1.165, 1.54) is 0 Å². The molecule has 0 saturated carbocycles. The van der Waals surface area contributed by atoms with Crippen LogP contribution in [0.25, 0.3) is 0 Å². The Balaban J connectivity index is 2.70. The van der Waals surface area contributed by atoms with Crippen molar-refractivity contribution in [1.29, 1.82) is 0 Å². The number of Topliss-reactive ketones (excluding diaryl/α,β-unsaturated/α-hetero) is 1. The first kappa shape index (κ1) is 10.0. The summed E-state index contributed by atoms with van der Waals surface area (Å²) in [4.78, 5) is 10.9. The minimum atomic E-state index is -0.576. The van der Waals surface area contributed by atoms with Crippen LogP contribution in [0, 0.1) is 5.92 Å². The number of alkyl halides is 2. The van der Waals surface area contributed by atoms with Crippen molar-refractivity contribution in [2.45, 2.75) is 17.1 Å². The van der Waals surface area contributed by atoms with Crippen LogP contribution in [0.4, 0.5) is 0 Å². The molecule has 0 heterocycles. The van der Waals surface area contributed by atoms with Crippen molar-refractivity contribution >= 4 is 33.3 Å². The second-order valence-electron chi connectivity index (χ2n) is 2.93.